The van der Waals surface area contributed by atoms with Crippen LogP contribution in [0.4, 0.5) is 5.69 Å². The smallest absolute Gasteiger partial charge is 0.327 e. The Morgan fingerprint density at radius 1 is 1.16 bits per heavy atom. The molecular weight excluding hydrogens is 344 g/mol. The quantitative estimate of drug-likeness (QED) is 0.522. The molecule has 134 valence electrons. The molecule has 2 rings (SSSR count). The molecule has 0 unspecified atom stereocenters. The van der Waals surface area contributed by atoms with Crippen molar-refractivity contribution in [2.24, 2.45) is 0 Å². The van der Waals surface area contributed by atoms with Crippen molar-refractivity contribution in [3.05, 3.63) is 24.3 Å². The van der Waals surface area contributed by atoms with Gasteiger partial charge in [0, 0.05) is 23.9 Å². The first-order valence-electron chi connectivity index (χ1n) is 7.80. The summed E-state index contributed by atoms with van der Waals surface area (Å²) in [5.41, 5.74) is 4.99. The van der Waals surface area contributed by atoms with Crippen molar-refractivity contribution < 1.29 is 19.2 Å². The Kier molecular flexibility index (Phi) is 6.40. The molecule has 0 radical (unpaired) electrons. The van der Waals surface area contributed by atoms with Crippen LogP contribution in [0.2, 0.25) is 0 Å². The van der Waals surface area contributed by atoms with E-state index >= 15 is 0 Å². The SMILES string of the molecule is CC(C)NC(=O)C(=O)NNC(=O)CCN1C(=O)CSc2ccccc21. The average molecular weight is 364 g/mol. The summed E-state index contributed by atoms with van der Waals surface area (Å²) in [5, 5.41) is 2.41. The minimum Gasteiger partial charge on any atom is -0.346 e. The molecule has 3 N–H and O–H groups in total. The fourth-order valence-corrected chi connectivity index (χ4v) is 3.12. The highest BCUT2D eigenvalue weighted by Gasteiger charge is 2.24. The minimum atomic E-state index is -0.946. The summed E-state index contributed by atoms with van der Waals surface area (Å²) in [6, 6.07) is 7.29. The number of nitrogens with one attached hydrogen (secondary N) is 3. The summed E-state index contributed by atoms with van der Waals surface area (Å²) in [6.45, 7) is 3.63. The number of fused-ring (bicyclic) bond motifs is 1. The van der Waals surface area contributed by atoms with Crippen molar-refractivity contribution in [3.8, 4) is 0 Å². The molecule has 1 aromatic rings. The second kappa shape index (κ2) is 8.52. The van der Waals surface area contributed by atoms with Crippen molar-refractivity contribution in [1.82, 2.24) is 16.2 Å². The fraction of sp³-hybridized carbons (Fsp3) is 0.375. The van der Waals surface area contributed by atoms with Gasteiger partial charge in [0.1, 0.15) is 0 Å². The van der Waals surface area contributed by atoms with Crippen molar-refractivity contribution >= 4 is 41.1 Å². The van der Waals surface area contributed by atoms with Gasteiger partial charge in [-0.3, -0.25) is 30.0 Å². The molecule has 0 atom stereocenters. The van der Waals surface area contributed by atoms with Gasteiger partial charge in [0.05, 0.1) is 11.4 Å². The first kappa shape index (κ1) is 18.8. The Hall–Kier alpha value is -2.55. The van der Waals surface area contributed by atoms with Crippen LogP contribution in [0.25, 0.3) is 0 Å². The highest BCUT2D eigenvalue weighted by atomic mass is 32.2. The third-order valence-electron chi connectivity index (χ3n) is 3.31. The lowest BCUT2D eigenvalue weighted by Gasteiger charge is -2.28. The average Bonchev–Trinajstić information content (AvgIpc) is 2.58. The number of hydrazine groups is 1. The number of hydrogen-bond acceptors (Lipinski definition) is 5. The van der Waals surface area contributed by atoms with Gasteiger partial charge in [-0.1, -0.05) is 12.1 Å². The molecule has 1 aliphatic rings. The van der Waals surface area contributed by atoms with Gasteiger partial charge in [0.2, 0.25) is 11.8 Å². The molecule has 0 spiro atoms. The maximum Gasteiger partial charge on any atom is 0.327 e. The molecule has 1 aromatic carbocycles. The molecule has 0 saturated carbocycles. The molecule has 0 saturated heterocycles. The van der Waals surface area contributed by atoms with Crippen LogP contribution in [0.3, 0.4) is 0 Å². The van der Waals surface area contributed by atoms with Crippen LogP contribution in [0, 0.1) is 0 Å². The summed E-state index contributed by atoms with van der Waals surface area (Å²) in [5.74, 6) is -2.01. The third kappa shape index (κ3) is 5.21. The molecule has 1 aliphatic heterocycles. The lowest BCUT2D eigenvalue weighted by atomic mass is 10.2. The maximum atomic E-state index is 12.1. The summed E-state index contributed by atoms with van der Waals surface area (Å²) >= 11 is 1.46. The number of anilines is 1. The molecular formula is C16H20N4O4S. The van der Waals surface area contributed by atoms with Gasteiger partial charge in [0.15, 0.2) is 0 Å². The number of amides is 4. The maximum absolute atomic E-state index is 12.1. The van der Waals surface area contributed by atoms with E-state index in [-0.39, 0.29) is 24.9 Å². The predicted octanol–water partition coefficient (Wildman–Crippen LogP) is 0.187. The molecule has 0 bridgehead atoms. The number of carbonyl (C=O) groups excluding carboxylic acids is 4. The molecule has 9 heteroatoms. The van der Waals surface area contributed by atoms with Gasteiger partial charge in [-0.15, -0.1) is 11.8 Å². The number of benzene rings is 1. The molecule has 0 aliphatic carbocycles. The van der Waals surface area contributed by atoms with E-state index < -0.39 is 17.7 Å². The monoisotopic (exact) mass is 364 g/mol. The lowest BCUT2D eigenvalue weighted by Crippen LogP contribution is -2.50. The van der Waals surface area contributed by atoms with Crippen LogP contribution in [0.1, 0.15) is 20.3 Å². The number of rotatable bonds is 4. The van der Waals surface area contributed by atoms with Crippen LogP contribution in [0.5, 0.6) is 0 Å². The summed E-state index contributed by atoms with van der Waals surface area (Å²) in [6.07, 6.45) is -0.00315. The zero-order valence-electron chi connectivity index (χ0n) is 14.0. The second-order valence-electron chi connectivity index (χ2n) is 5.68. The number of thioether (sulfide) groups is 1. The van der Waals surface area contributed by atoms with Crippen LogP contribution >= 0.6 is 11.8 Å². The first-order valence-corrected chi connectivity index (χ1v) is 8.79. The van der Waals surface area contributed by atoms with Crippen LogP contribution in [-0.4, -0.2) is 42.0 Å². The number of hydrogen-bond donors (Lipinski definition) is 3. The third-order valence-corrected chi connectivity index (χ3v) is 4.36. The largest absolute Gasteiger partial charge is 0.346 e. The van der Waals surface area contributed by atoms with Crippen molar-refractivity contribution in [2.75, 3.05) is 17.2 Å². The van der Waals surface area contributed by atoms with E-state index in [0.29, 0.717) is 5.75 Å². The second-order valence-corrected chi connectivity index (χ2v) is 6.70. The molecule has 0 aromatic heterocycles. The van der Waals surface area contributed by atoms with E-state index in [2.05, 4.69) is 10.7 Å². The molecule has 0 fully saturated rings. The van der Waals surface area contributed by atoms with E-state index in [1.54, 1.807) is 18.7 Å². The van der Waals surface area contributed by atoms with E-state index in [1.165, 1.54) is 11.8 Å². The Bertz CT molecular complexity index is 692. The first-order chi connectivity index (χ1) is 11.9. The van der Waals surface area contributed by atoms with Crippen LogP contribution in [0.15, 0.2) is 29.2 Å². The summed E-state index contributed by atoms with van der Waals surface area (Å²) in [4.78, 5) is 49.4. The number of nitrogens with zero attached hydrogens (tertiary/aromatic N) is 1. The fourth-order valence-electron chi connectivity index (χ4n) is 2.19. The van der Waals surface area contributed by atoms with E-state index in [9.17, 15) is 19.2 Å². The van der Waals surface area contributed by atoms with E-state index in [0.717, 1.165) is 10.6 Å². The Morgan fingerprint density at radius 3 is 2.60 bits per heavy atom. The van der Waals surface area contributed by atoms with Crippen molar-refractivity contribution in [2.45, 2.75) is 31.2 Å². The van der Waals surface area contributed by atoms with Gasteiger partial charge in [-0.2, -0.15) is 0 Å². The van der Waals surface area contributed by atoms with E-state index in [1.807, 2.05) is 29.7 Å². The lowest BCUT2D eigenvalue weighted by molar-refractivity contribution is -0.141. The summed E-state index contributed by atoms with van der Waals surface area (Å²) < 4.78 is 0. The number of para-hydroxylation sites is 1. The number of carbonyl (C=O) groups is 4. The van der Waals surface area contributed by atoms with Crippen LogP contribution < -0.4 is 21.1 Å². The summed E-state index contributed by atoms with van der Waals surface area (Å²) in [7, 11) is 0. The predicted molar refractivity (Wildman–Crippen MR) is 93.7 cm³/mol. The van der Waals surface area contributed by atoms with Crippen molar-refractivity contribution in [3.63, 3.8) is 0 Å². The van der Waals surface area contributed by atoms with Gasteiger partial charge in [-0.25, -0.2) is 0 Å². The molecule has 4 amide bonds. The van der Waals surface area contributed by atoms with Gasteiger partial charge in [-0.05, 0) is 26.0 Å². The normalized spacial score (nSPS) is 13.2. The minimum absolute atomic E-state index is 0.00315. The Labute approximate surface area is 149 Å². The van der Waals surface area contributed by atoms with Crippen LogP contribution in [-0.2, 0) is 19.2 Å². The zero-order valence-corrected chi connectivity index (χ0v) is 14.8. The van der Waals surface area contributed by atoms with Gasteiger partial charge < -0.3 is 10.2 Å². The van der Waals surface area contributed by atoms with Gasteiger partial charge in [0.25, 0.3) is 0 Å². The highest BCUT2D eigenvalue weighted by molar-refractivity contribution is 8.00. The molecule has 8 nitrogen and oxygen atoms in total. The molecule has 1 heterocycles. The van der Waals surface area contributed by atoms with Gasteiger partial charge >= 0.3 is 11.8 Å². The zero-order chi connectivity index (χ0) is 18.4. The molecule has 25 heavy (non-hydrogen) atoms. The Morgan fingerprint density at radius 2 is 1.88 bits per heavy atom. The Balaban J connectivity index is 1.83. The topological polar surface area (TPSA) is 108 Å². The highest BCUT2D eigenvalue weighted by Crippen LogP contribution is 2.34. The standard InChI is InChI=1S/C16H20N4O4S/c1-10(2)17-15(23)16(24)19-18-13(21)7-8-20-11-5-3-4-6-12(11)25-9-14(20)22/h3-6,10H,7-9H2,1-2H3,(H,17,23)(H,18,21)(H,19,24). The van der Waals surface area contributed by atoms with Crippen molar-refractivity contribution in [1.29, 1.82) is 0 Å². The van der Waals surface area contributed by atoms with E-state index in [4.69, 9.17) is 0 Å².